The zero-order valence-electron chi connectivity index (χ0n) is 15.1. The summed E-state index contributed by atoms with van der Waals surface area (Å²) in [5.41, 5.74) is 2.54. The number of rotatable bonds is 2. The minimum absolute atomic E-state index is 0.346. The SMILES string of the molecule is CN1CCCN(c2ccc3cc(-c4cn5ccsc5n4)c(=O)oc3c2)CC1. The molecule has 0 radical (unpaired) electrons. The van der Waals surface area contributed by atoms with Crippen molar-refractivity contribution in [2.45, 2.75) is 6.42 Å². The van der Waals surface area contributed by atoms with Gasteiger partial charge < -0.3 is 14.2 Å². The normalized spacial score (nSPS) is 16.3. The number of fused-ring (bicyclic) bond motifs is 2. The van der Waals surface area contributed by atoms with E-state index in [0.717, 1.165) is 48.6 Å². The Morgan fingerprint density at radius 2 is 2.07 bits per heavy atom. The molecule has 0 bridgehead atoms. The van der Waals surface area contributed by atoms with Crippen molar-refractivity contribution in [3.8, 4) is 11.3 Å². The third-order valence-corrected chi connectivity index (χ3v) is 5.94. The number of hydrogen-bond donors (Lipinski definition) is 0. The van der Waals surface area contributed by atoms with E-state index in [2.05, 4.69) is 27.9 Å². The molecule has 0 atom stereocenters. The fourth-order valence-electron chi connectivity index (χ4n) is 3.64. The zero-order valence-corrected chi connectivity index (χ0v) is 15.9. The number of nitrogens with zero attached hydrogens (tertiary/aromatic N) is 4. The van der Waals surface area contributed by atoms with Crippen molar-refractivity contribution < 1.29 is 4.42 Å². The van der Waals surface area contributed by atoms with Crippen molar-refractivity contribution in [3.63, 3.8) is 0 Å². The lowest BCUT2D eigenvalue weighted by Gasteiger charge is -2.22. The molecule has 1 aliphatic rings. The third kappa shape index (κ3) is 3.02. The molecule has 3 aromatic heterocycles. The third-order valence-electron chi connectivity index (χ3n) is 5.17. The van der Waals surface area contributed by atoms with Crippen LogP contribution in [0.15, 0.2) is 51.3 Å². The highest BCUT2D eigenvalue weighted by molar-refractivity contribution is 7.15. The molecule has 0 amide bonds. The second-order valence-corrected chi connectivity index (χ2v) is 7.91. The Hall–Kier alpha value is -2.64. The van der Waals surface area contributed by atoms with E-state index in [0.29, 0.717) is 16.8 Å². The van der Waals surface area contributed by atoms with Gasteiger partial charge in [0.05, 0.1) is 11.3 Å². The first-order valence-electron chi connectivity index (χ1n) is 9.11. The first-order chi connectivity index (χ1) is 13.2. The Balaban J connectivity index is 1.53. The van der Waals surface area contributed by atoms with Crippen molar-refractivity contribution in [2.75, 3.05) is 38.1 Å². The summed E-state index contributed by atoms with van der Waals surface area (Å²) in [5, 5.41) is 2.88. The van der Waals surface area contributed by atoms with Crippen LogP contribution in [0.4, 0.5) is 5.69 Å². The molecule has 1 saturated heterocycles. The van der Waals surface area contributed by atoms with Gasteiger partial charge in [-0.05, 0) is 38.2 Å². The van der Waals surface area contributed by atoms with Gasteiger partial charge in [-0.15, -0.1) is 11.3 Å². The molecule has 0 N–H and O–H groups in total. The van der Waals surface area contributed by atoms with Crippen LogP contribution < -0.4 is 10.5 Å². The van der Waals surface area contributed by atoms with E-state index >= 15 is 0 Å². The minimum Gasteiger partial charge on any atom is -0.422 e. The van der Waals surface area contributed by atoms with Crippen molar-refractivity contribution in [3.05, 3.63) is 52.5 Å². The van der Waals surface area contributed by atoms with Crippen LogP contribution in [-0.2, 0) is 0 Å². The summed E-state index contributed by atoms with van der Waals surface area (Å²) in [5.74, 6) is 0. The monoisotopic (exact) mass is 380 g/mol. The maximum absolute atomic E-state index is 12.6. The Kier molecular flexibility index (Phi) is 3.98. The van der Waals surface area contributed by atoms with Crippen LogP contribution in [0.5, 0.6) is 0 Å². The lowest BCUT2D eigenvalue weighted by molar-refractivity contribution is 0.360. The number of hydrogen-bond acceptors (Lipinski definition) is 6. The predicted octanol–water partition coefficient (Wildman–Crippen LogP) is 3.31. The van der Waals surface area contributed by atoms with Gasteiger partial charge in [0, 0.05) is 54.5 Å². The van der Waals surface area contributed by atoms with E-state index in [-0.39, 0.29) is 5.63 Å². The fraction of sp³-hybridized carbons (Fsp3) is 0.300. The summed E-state index contributed by atoms with van der Waals surface area (Å²) in [6.45, 7) is 4.16. The quantitative estimate of drug-likeness (QED) is 0.500. The predicted molar refractivity (Wildman–Crippen MR) is 109 cm³/mol. The first-order valence-corrected chi connectivity index (χ1v) is 9.99. The van der Waals surface area contributed by atoms with Crippen molar-refractivity contribution in [2.24, 2.45) is 0 Å². The smallest absolute Gasteiger partial charge is 0.345 e. The number of thiazole rings is 1. The molecule has 27 heavy (non-hydrogen) atoms. The molecular formula is C20H20N4O2S. The summed E-state index contributed by atoms with van der Waals surface area (Å²) in [7, 11) is 2.16. The summed E-state index contributed by atoms with van der Waals surface area (Å²) in [4.78, 5) is 22.7. The summed E-state index contributed by atoms with van der Waals surface area (Å²) in [6, 6.07) is 8.01. The minimum atomic E-state index is -0.346. The van der Waals surface area contributed by atoms with Crippen LogP contribution in [-0.4, -0.2) is 47.5 Å². The molecule has 138 valence electrons. The summed E-state index contributed by atoms with van der Waals surface area (Å²) in [6.07, 6.45) is 4.94. The molecule has 7 heteroatoms. The van der Waals surface area contributed by atoms with Crippen LogP contribution in [0.1, 0.15) is 6.42 Å². The van der Waals surface area contributed by atoms with E-state index in [1.165, 1.54) is 0 Å². The maximum Gasteiger partial charge on any atom is 0.345 e. The fourth-order valence-corrected chi connectivity index (χ4v) is 4.34. The van der Waals surface area contributed by atoms with Gasteiger partial charge >= 0.3 is 5.63 Å². The lowest BCUT2D eigenvalue weighted by Crippen LogP contribution is -2.28. The molecule has 0 unspecified atom stereocenters. The van der Waals surface area contributed by atoms with Crippen LogP contribution in [0.25, 0.3) is 27.2 Å². The van der Waals surface area contributed by atoms with Crippen molar-refractivity contribution >= 4 is 33.0 Å². The Labute approximate surface area is 160 Å². The molecule has 1 aromatic carbocycles. The molecular weight excluding hydrogens is 360 g/mol. The van der Waals surface area contributed by atoms with Crippen LogP contribution >= 0.6 is 11.3 Å². The standard InChI is InChI=1S/C20H20N4O2S/c1-22-5-2-6-23(8-7-22)15-4-3-14-11-16(19(25)26-18(14)12-15)17-13-24-9-10-27-20(24)21-17/h3-4,9-13H,2,5-8H2,1H3. The molecule has 4 heterocycles. The highest BCUT2D eigenvalue weighted by atomic mass is 32.1. The number of benzene rings is 1. The van der Waals surface area contributed by atoms with E-state index < -0.39 is 0 Å². The van der Waals surface area contributed by atoms with E-state index in [1.54, 1.807) is 11.3 Å². The summed E-state index contributed by atoms with van der Waals surface area (Å²) < 4.78 is 7.58. The highest BCUT2D eigenvalue weighted by Gasteiger charge is 2.15. The highest BCUT2D eigenvalue weighted by Crippen LogP contribution is 2.26. The molecule has 0 aliphatic carbocycles. The van der Waals surface area contributed by atoms with E-state index in [1.807, 2.05) is 40.4 Å². The number of aromatic nitrogens is 2. The van der Waals surface area contributed by atoms with Gasteiger partial charge in [0.15, 0.2) is 4.96 Å². The van der Waals surface area contributed by atoms with Crippen LogP contribution in [0, 0.1) is 0 Å². The van der Waals surface area contributed by atoms with Gasteiger partial charge in [0.1, 0.15) is 5.58 Å². The Morgan fingerprint density at radius 1 is 1.15 bits per heavy atom. The van der Waals surface area contributed by atoms with Gasteiger partial charge in [-0.1, -0.05) is 0 Å². The van der Waals surface area contributed by atoms with E-state index in [4.69, 9.17) is 4.42 Å². The van der Waals surface area contributed by atoms with E-state index in [9.17, 15) is 4.79 Å². The van der Waals surface area contributed by atoms with Crippen molar-refractivity contribution in [1.82, 2.24) is 14.3 Å². The average molecular weight is 380 g/mol. The van der Waals surface area contributed by atoms with Gasteiger partial charge in [-0.25, -0.2) is 9.78 Å². The van der Waals surface area contributed by atoms with Crippen LogP contribution in [0.3, 0.4) is 0 Å². The van der Waals surface area contributed by atoms with Gasteiger partial charge in [0.25, 0.3) is 0 Å². The topological polar surface area (TPSA) is 54.0 Å². The first kappa shape index (κ1) is 16.5. The maximum atomic E-state index is 12.6. The average Bonchev–Trinajstić information content (AvgIpc) is 3.18. The Morgan fingerprint density at radius 3 is 2.96 bits per heavy atom. The van der Waals surface area contributed by atoms with Gasteiger partial charge in [-0.2, -0.15) is 0 Å². The molecule has 1 fully saturated rings. The number of likely N-dealkylation sites (N-methyl/N-ethyl adjacent to an activating group) is 1. The van der Waals surface area contributed by atoms with Gasteiger partial charge in [0.2, 0.25) is 0 Å². The van der Waals surface area contributed by atoms with Crippen molar-refractivity contribution in [1.29, 1.82) is 0 Å². The second-order valence-electron chi connectivity index (χ2n) is 7.03. The second kappa shape index (κ2) is 6.51. The molecule has 0 saturated carbocycles. The lowest BCUT2D eigenvalue weighted by atomic mass is 10.1. The van der Waals surface area contributed by atoms with Crippen LogP contribution in [0.2, 0.25) is 0 Å². The summed E-state index contributed by atoms with van der Waals surface area (Å²) >= 11 is 1.54. The molecule has 1 aliphatic heterocycles. The Bertz CT molecular complexity index is 1150. The number of imidazole rings is 1. The zero-order chi connectivity index (χ0) is 18.4. The number of anilines is 1. The molecule has 0 spiro atoms. The van der Waals surface area contributed by atoms with Gasteiger partial charge in [-0.3, -0.25) is 4.40 Å². The largest absolute Gasteiger partial charge is 0.422 e. The molecule has 4 aromatic rings. The molecule has 5 rings (SSSR count). The molecule has 6 nitrogen and oxygen atoms in total.